The Hall–Kier alpha value is -3.46. The lowest BCUT2D eigenvalue weighted by atomic mass is 10.2. The highest BCUT2D eigenvalue weighted by molar-refractivity contribution is 7.90. The number of carbonyl (C=O) groups is 1. The van der Waals surface area contributed by atoms with Crippen molar-refractivity contribution >= 4 is 21.8 Å². The minimum atomic E-state index is -3.64. The molecular weight excluding hydrogens is 382 g/mol. The third kappa shape index (κ3) is 3.65. The Morgan fingerprint density at radius 1 is 1.11 bits per heavy atom. The van der Waals surface area contributed by atoms with Gasteiger partial charge in [0.1, 0.15) is 30.9 Å². The van der Waals surface area contributed by atoms with Crippen LogP contribution in [0.2, 0.25) is 0 Å². The molecule has 1 N–H and O–H groups in total. The molecule has 0 bridgehead atoms. The number of hydrogen-bond acceptors (Lipinski definition) is 7. The number of sulfonamides is 1. The van der Waals surface area contributed by atoms with Gasteiger partial charge in [-0.3, -0.25) is 14.5 Å². The first kappa shape index (κ1) is 17.9. The Bertz CT molecular complexity index is 1150. The van der Waals surface area contributed by atoms with Crippen molar-refractivity contribution in [3.05, 3.63) is 72.1 Å². The van der Waals surface area contributed by atoms with E-state index in [1.54, 1.807) is 18.2 Å². The molecule has 9 heteroatoms. The number of nitrogens with one attached hydrogen (secondary N) is 1. The van der Waals surface area contributed by atoms with Crippen molar-refractivity contribution in [2.75, 3.05) is 6.54 Å². The smallest absolute Gasteiger partial charge is 0.328 e. The second kappa shape index (κ2) is 7.28. The monoisotopic (exact) mass is 397 g/mol. The molecule has 1 aliphatic heterocycles. The fourth-order valence-electron chi connectivity index (χ4n) is 2.68. The second-order valence-corrected chi connectivity index (χ2v) is 7.59. The van der Waals surface area contributed by atoms with Crippen molar-refractivity contribution in [3.63, 3.8) is 0 Å². The number of rotatable bonds is 5. The van der Waals surface area contributed by atoms with Crippen LogP contribution in [0, 0.1) is 0 Å². The van der Waals surface area contributed by atoms with Crippen LogP contribution in [-0.4, -0.2) is 31.8 Å². The summed E-state index contributed by atoms with van der Waals surface area (Å²) in [6.45, 7) is -0.391. The molecule has 3 aromatic rings. The van der Waals surface area contributed by atoms with Crippen molar-refractivity contribution in [1.29, 1.82) is 0 Å². The van der Waals surface area contributed by atoms with Gasteiger partial charge in [-0.05, 0) is 24.3 Å². The molecule has 1 aromatic heterocycles. The summed E-state index contributed by atoms with van der Waals surface area (Å²) in [6, 6.07) is 15.8. The van der Waals surface area contributed by atoms with Crippen LogP contribution in [0.25, 0.3) is 11.5 Å². The van der Waals surface area contributed by atoms with E-state index in [2.05, 4.69) is 14.7 Å². The van der Waals surface area contributed by atoms with Gasteiger partial charge in [-0.25, -0.2) is 13.4 Å². The Labute approximate surface area is 160 Å². The zero-order chi connectivity index (χ0) is 19.6. The number of hydrogen-bond donors (Lipinski definition) is 1. The molecule has 28 heavy (non-hydrogen) atoms. The number of nitrogens with zero attached hydrogens (tertiary/aromatic N) is 2. The molecule has 2 heterocycles. The maximum Gasteiger partial charge on any atom is 0.328 e. The van der Waals surface area contributed by atoms with E-state index in [9.17, 15) is 13.2 Å². The summed E-state index contributed by atoms with van der Waals surface area (Å²) in [7, 11) is -3.64. The molecule has 0 amide bonds. The van der Waals surface area contributed by atoms with Crippen molar-refractivity contribution in [2.45, 2.75) is 11.5 Å². The quantitative estimate of drug-likeness (QED) is 0.660. The molecule has 2 aromatic carbocycles. The van der Waals surface area contributed by atoms with E-state index < -0.39 is 16.0 Å². The topological polar surface area (TPSA) is 111 Å². The third-order valence-electron chi connectivity index (χ3n) is 3.98. The molecule has 0 saturated heterocycles. The summed E-state index contributed by atoms with van der Waals surface area (Å²) >= 11 is 0. The number of ether oxygens (including phenoxy) is 1. The van der Waals surface area contributed by atoms with Crippen LogP contribution >= 0.6 is 0 Å². The van der Waals surface area contributed by atoms with Gasteiger partial charge in [-0.1, -0.05) is 30.3 Å². The van der Waals surface area contributed by atoms with Crippen LogP contribution < -0.4 is 4.72 Å². The normalized spacial score (nSPS) is 15.8. The van der Waals surface area contributed by atoms with Crippen molar-refractivity contribution in [1.82, 2.24) is 9.71 Å². The minimum Gasteiger partial charge on any atom is -0.458 e. The fraction of sp³-hybridized carbons (Fsp3) is 0.105. The van der Waals surface area contributed by atoms with E-state index in [0.717, 1.165) is 5.56 Å². The van der Waals surface area contributed by atoms with Crippen LogP contribution in [-0.2, 0) is 26.2 Å². The maximum atomic E-state index is 12.0. The summed E-state index contributed by atoms with van der Waals surface area (Å²) in [5.41, 5.74) is 1.71. The number of amidine groups is 1. The Morgan fingerprint density at radius 3 is 2.68 bits per heavy atom. The van der Waals surface area contributed by atoms with Gasteiger partial charge < -0.3 is 9.15 Å². The summed E-state index contributed by atoms with van der Waals surface area (Å²) in [5.74, 6) is -0.0513. The summed E-state index contributed by atoms with van der Waals surface area (Å²) in [6.07, 6.45) is 1.42. The molecule has 0 radical (unpaired) electrons. The lowest BCUT2D eigenvalue weighted by molar-refractivity contribution is -0.143. The van der Waals surface area contributed by atoms with Crippen molar-refractivity contribution in [2.24, 2.45) is 4.99 Å². The van der Waals surface area contributed by atoms with Crippen LogP contribution in [0.3, 0.4) is 0 Å². The van der Waals surface area contributed by atoms with Gasteiger partial charge in [0, 0.05) is 11.1 Å². The van der Waals surface area contributed by atoms with E-state index >= 15 is 0 Å². The predicted octanol–water partition coefficient (Wildman–Crippen LogP) is 2.12. The molecule has 1 aliphatic rings. The molecule has 8 nitrogen and oxygen atoms in total. The number of fused-ring (bicyclic) bond motifs is 1. The second-order valence-electron chi connectivity index (χ2n) is 5.94. The van der Waals surface area contributed by atoms with Crippen LogP contribution in [0.15, 0.2) is 75.2 Å². The van der Waals surface area contributed by atoms with Gasteiger partial charge >= 0.3 is 5.97 Å². The Balaban J connectivity index is 1.37. The molecule has 0 unspecified atom stereocenters. The number of oxazole rings is 1. The molecule has 4 rings (SSSR count). The molecule has 0 aliphatic carbocycles. The average Bonchev–Trinajstić information content (AvgIpc) is 3.28. The molecule has 0 fully saturated rings. The van der Waals surface area contributed by atoms with Gasteiger partial charge in [0.25, 0.3) is 10.0 Å². The number of benzene rings is 2. The van der Waals surface area contributed by atoms with Gasteiger partial charge in [0.15, 0.2) is 0 Å². The SMILES string of the molecule is O=C(CN=C1NS(=O)(=O)c2ccccc21)OCc1coc(-c2ccccc2)n1. The van der Waals surface area contributed by atoms with Crippen molar-refractivity contribution in [3.8, 4) is 11.5 Å². The standard InChI is InChI=1S/C19H15N3O5S/c23-17(10-20-18-15-8-4-5-9-16(15)28(24,25)22-18)26-11-14-12-27-19(21-14)13-6-2-1-3-7-13/h1-9,12H,10-11H2,(H,20,22). The van der Waals surface area contributed by atoms with Gasteiger partial charge in [0.05, 0.1) is 4.90 Å². The Kier molecular flexibility index (Phi) is 4.66. The van der Waals surface area contributed by atoms with Crippen LogP contribution in [0.5, 0.6) is 0 Å². The highest BCUT2D eigenvalue weighted by atomic mass is 32.2. The van der Waals surface area contributed by atoms with E-state index in [1.807, 2.05) is 30.3 Å². The van der Waals surface area contributed by atoms with E-state index in [0.29, 0.717) is 17.1 Å². The Morgan fingerprint density at radius 2 is 1.86 bits per heavy atom. The van der Waals surface area contributed by atoms with Crippen molar-refractivity contribution < 1.29 is 22.4 Å². The highest BCUT2D eigenvalue weighted by Gasteiger charge is 2.30. The molecule has 0 saturated carbocycles. The first-order valence-corrected chi connectivity index (χ1v) is 9.83. The van der Waals surface area contributed by atoms with E-state index in [-0.39, 0.29) is 23.9 Å². The first-order chi connectivity index (χ1) is 13.5. The zero-order valence-electron chi connectivity index (χ0n) is 14.5. The molecule has 0 spiro atoms. The van der Waals surface area contributed by atoms with Gasteiger partial charge in [-0.15, -0.1) is 0 Å². The highest BCUT2D eigenvalue weighted by Crippen LogP contribution is 2.22. The van der Waals surface area contributed by atoms with E-state index in [4.69, 9.17) is 9.15 Å². The largest absolute Gasteiger partial charge is 0.458 e. The lowest BCUT2D eigenvalue weighted by Crippen LogP contribution is -2.23. The van der Waals surface area contributed by atoms with Gasteiger partial charge in [-0.2, -0.15) is 0 Å². The first-order valence-electron chi connectivity index (χ1n) is 8.35. The number of esters is 1. The van der Waals surface area contributed by atoms with E-state index in [1.165, 1.54) is 12.3 Å². The number of carbonyl (C=O) groups excluding carboxylic acids is 1. The average molecular weight is 397 g/mol. The summed E-state index contributed by atoms with van der Waals surface area (Å²) in [4.78, 5) is 20.4. The minimum absolute atomic E-state index is 0.0671. The fourth-order valence-corrected chi connectivity index (χ4v) is 3.93. The summed E-state index contributed by atoms with van der Waals surface area (Å²) in [5, 5.41) is 0. The molecular formula is C19H15N3O5S. The van der Waals surface area contributed by atoms with Crippen LogP contribution in [0.1, 0.15) is 11.3 Å². The number of aromatic nitrogens is 1. The molecule has 0 atom stereocenters. The van der Waals surface area contributed by atoms with Gasteiger partial charge in [0.2, 0.25) is 5.89 Å². The summed E-state index contributed by atoms with van der Waals surface area (Å²) < 4.78 is 36.9. The maximum absolute atomic E-state index is 12.0. The van der Waals surface area contributed by atoms with Crippen LogP contribution in [0.4, 0.5) is 0 Å². The predicted molar refractivity (Wildman–Crippen MR) is 99.9 cm³/mol. The zero-order valence-corrected chi connectivity index (χ0v) is 15.3. The number of aliphatic imine (C=N–C) groups is 1. The lowest BCUT2D eigenvalue weighted by Gasteiger charge is -2.01. The third-order valence-corrected chi connectivity index (χ3v) is 5.38. The molecule has 142 valence electrons.